The van der Waals surface area contributed by atoms with E-state index in [0.717, 1.165) is 55.4 Å². The molecular weight excluding hydrogens is 406 g/mol. The van der Waals surface area contributed by atoms with Crippen molar-refractivity contribution < 1.29 is 4.74 Å². The number of likely N-dealkylation sites (N-methyl/N-ethyl adjacent to an activating group) is 1. The Morgan fingerprint density at radius 2 is 1.85 bits per heavy atom. The SMILES string of the molecule is C=C(c1ccccc1)N(C)c1ccc2c(c1)C(C1CCN(CCOC)CC1)=CC(=C)N2CC. The predicted octanol–water partition coefficient (Wildman–Crippen LogP) is 5.89. The lowest BCUT2D eigenvalue weighted by Gasteiger charge is -2.38. The molecule has 174 valence electrons. The van der Waals surface area contributed by atoms with Crippen LogP contribution in [0.1, 0.15) is 30.9 Å². The van der Waals surface area contributed by atoms with Gasteiger partial charge in [-0.1, -0.05) is 43.5 Å². The lowest BCUT2D eigenvalue weighted by molar-refractivity contribution is 0.128. The molecule has 2 aromatic rings. The van der Waals surface area contributed by atoms with Crippen LogP contribution < -0.4 is 9.80 Å². The molecule has 0 N–H and O–H groups in total. The summed E-state index contributed by atoms with van der Waals surface area (Å²) in [4.78, 5) is 7.04. The van der Waals surface area contributed by atoms with Crippen molar-refractivity contribution in [1.29, 1.82) is 0 Å². The molecule has 2 aliphatic rings. The monoisotopic (exact) mass is 443 g/mol. The molecule has 33 heavy (non-hydrogen) atoms. The van der Waals surface area contributed by atoms with Gasteiger partial charge in [-0.2, -0.15) is 0 Å². The first-order chi connectivity index (χ1) is 16.0. The first-order valence-electron chi connectivity index (χ1n) is 12.0. The van der Waals surface area contributed by atoms with E-state index in [1.54, 1.807) is 7.11 Å². The van der Waals surface area contributed by atoms with E-state index in [1.165, 1.54) is 29.7 Å². The Labute approximate surface area is 199 Å². The van der Waals surface area contributed by atoms with E-state index in [1.807, 2.05) is 6.07 Å². The number of benzene rings is 2. The molecule has 0 aromatic heterocycles. The second kappa shape index (κ2) is 10.4. The number of nitrogens with zero attached hydrogens (tertiary/aromatic N) is 3. The fourth-order valence-corrected chi connectivity index (χ4v) is 5.07. The van der Waals surface area contributed by atoms with Gasteiger partial charge in [-0.25, -0.2) is 0 Å². The fourth-order valence-electron chi connectivity index (χ4n) is 5.07. The maximum Gasteiger partial charge on any atom is 0.0589 e. The largest absolute Gasteiger partial charge is 0.383 e. The van der Waals surface area contributed by atoms with E-state index in [0.29, 0.717) is 5.92 Å². The molecule has 1 saturated heterocycles. The van der Waals surface area contributed by atoms with Crippen LogP contribution in [0.5, 0.6) is 0 Å². The van der Waals surface area contributed by atoms with Crippen LogP contribution in [-0.4, -0.2) is 51.8 Å². The molecule has 2 aromatic carbocycles. The summed E-state index contributed by atoms with van der Waals surface area (Å²) in [5.74, 6) is 0.552. The molecule has 4 heteroatoms. The van der Waals surface area contributed by atoms with Gasteiger partial charge >= 0.3 is 0 Å². The van der Waals surface area contributed by atoms with E-state index in [2.05, 4.69) is 90.4 Å². The van der Waals surface area contributed by atoms with Gasteiger partial charge < -0.3 is 19.4 Å². The summed E-state index contributed by atoms with van der Waals surface area (Å²) in [5, 5.41) is 0. The van der Waals surface area contributed by atoms with E-state index in [9.17, 15) is 0 Å². The standard InChI is InChI=1S/C29H37N3O/c1-6-32-22(2)20-27(25-14-16-31(17-15-25)18-19-33-5)28-21-26(12-13-29(28)32)30(4)23(3)24-10-8-7-9-11-24/h7-13,20-21,25H,2-3,6,14-19H2,1,4-5H3. The highest BCUT2D eigenvalue weighted by Crippen LogP contribution is 2.44. The molecule has 0 aliphatic carbocycles. The van der Waals surface area contributed by atoms with E-state index < -0.39 is 0 Å². The number of hydrogen-bond donors (Lipinski definition) is 0. The van der Waals surface area contributed by atoms with Crippen LogP contribution in [0.2, 0.25) is 0 Å². The minimum absolute atomic E-state index is 0.552. The highest BCUT2D eigenvalue weighted by atomic mass is 16.5. The minimum Gasteiger partial charge on any atom is -0.383 e. The van der Waals surface area contributed by atoms with Gasteiger partial charge in [-0.15, -0.1) is 0 Å². The summed E-state index contributed by atoms with van der Waals surface area (Å²) in [6, 6.07) is 17.2. The summed E-state index contributed by atoms with van der Waals surface area (Å²) in [6.45, 7) is 15.9. The van der Waals surface area contributed by atoms with Crippen molar-refractivity contribution in [3.63, 3.8) is 0 Å². The van der Waals surface area contributed by atoms with E-state index in [4.69, 9.17) is 4.74 Å². The number of rotatable bonds is 8. The molecule has 0 unspecified atom stereocenters. The summed E-state index contributed by atoms with van der Waals surface area (Å²) in [6.07, 6.45) is 4.67. The summed E-state index contributed by atoms with van der Waals surface area (Å²) in [7, 11) is 3.89. The Bertz CT molecular complexity index is 1020. The quantitative estimate of drug-likeness (QED) is 0.506. The van der Waals surface area contributed by atoms with Crippen LogP contribution in [0.15, 0.2) is 73.5 Å². The second-order valence-electron chi connectivity index (χ2n) is 9.02. The third kappa shape index (κ3) is 4.92. The number of anilines is 2. The normalized spacial score (nSPS) is 17.0. The molecule has 1 fully saturated rings. The predicted molar refractivity (Wildman–Crippen MR) is 141 cm³/mol. The Morgan fingerprint density at radius 1 is 1.12 bits per heavy atom. The zero-order valence-corrected chi connectivity index (χ0v) is 20.4. The summed E-state index contributed by atoms with van der Waals surface area (Å²) < 4.78 is 5.28. The number of methoxy groups -OCH3 is 1. The van der Waals surface area contributed by atoms with Gasteiger partial charge in [0, 0.05) is 55.6 Å². The zero-order valence-electron chi connectivity index (χ0n) is 20.4. The molecular formula is C29H37N3O. The van der Waals surface area contributed by atoms with E-state index in [-0.39, 0.29) is 0 Å². The van der Waals surface area contributed by atoms with Gasteiger partial charge in [-0.3, -0.25) is 0 Å². The van der Waals surface area contributed by atoms with Crippen LogP contribution in [0.25, 0.3) is 11.3 Å². The van der Waals surface area contributed by atoms with Gasteiger partial charge in [0.1, 0.15) is 0 Å². The number of fused-ring (bicyclic) bond motifs is 1. The zero-order chi connectivity index (χ0) is 23.4. The number of ether oxygens (including phenoxy) is 1. The lowest BCUT2D eigenvalue weighted by Crippen LogP contribution is -2.37. The second-order valence-corrected chi connectivity index (χ2v) is 9.02. The maximum absolute atomic E-state index is 5.28. The molecule has 0 bridgehead atoms. The third-order valence-corrected chi connectivity index (χ3v) is 7.11. The number of piperidine rings is 1. The molecule has 4 nitrogen and oxygen atoms in total. The first kappa shape index (κ1) is 23.3. The van der Waals surface area contributed by atoms with E-state index >= 15 is 0 Å². The van der Waals surface area contributed by atoms with Crippen molar-refractivity contribution in [3.8, 4) is 0 Å². The van der Waals surface area contributed by atoms with Crippen LogP contribution in [0.4, 0.5) is 11.4 Å². The third-order valence-electron chi connectivity index (χ3n) is 7.11. The van der Waals surface area contributed by atoms with Crippen LogP contribution in [0, 0.1) is 5.92 Å². The first-order valence-corrected chi connectivity index (χ1v) is 12.0. The van der Waals surface area contributed by atoms with Crippen LogP contribution in [0.3, 0.4) is 0 Å². The molecule has 0 radical (unpaired) electrons. The topological polar surface area (TPSA) is 19.0 Å². The van der Waals surface area contributed by atoms with Crippen molar-refractivity contribution in [2.24, 2.45) is 5.92 Å². The molecule has 2 aliphatic heterocycles. The number of hydrogen-bond acceptors (Lipinski definition) is 4. The smallest absolute Gasteiger partial charge is 0.0589 e. The van der Waals surface area contributed by atoms with Crippen molar-refractivity contribution in [1.82, 2.24) is 4.90 Å². The van der Waals surface area contributed by atoms with Crippen molar-refractivity contribution >= 4 is 22.6 Å². The highest BCUT2D eigenvalue weighted by molar-refractivity contribution is 5.88. The van der Waals surface area contributed by atoms with Gasteiger partial charge in [0.25, 0.3) is 0 Å². The van der Waals surface area contributed by atoms with Gasteiger partial charge in [0.15, 0.2) is 0 Å². The Hall–Kier alpha value is -2.82. The molecule has 0 amide bonds. The average molecular weight is 444 g/mol. The molecule has 2 heterocycles. The number of likely N-dealkylation sites (tertiary alicyclic amines) is 1. The fraction of sp³-hybridized carbons (Fsp3) is 0.379. The molecule has 0 atom stereocenters. The Morgan fingerprint density at radius 3 is 2.52 bits per heavy atom. The van der Waals surface area contributed by atoms with Crippen LogP contribution >= 0.6 is 0 Å². The van der Waals surface area contributed by atoms with Gasteiger partial charge in [0.2, 0.25) is 0 Å². The van der Waals surface area contributed by atoms with Crippen molar-refractivity contribution in [2.75, 3.05) is 56.7 Å². The van der Waals surface area contributed by atoms with Crippen LogP contribution in [-0.2, 0) is 4.74 Å². The molecule has 0 saturated carbocycles. The van der Waals surface area contributed by atoms with Crippen molar-refractivity contribution in [2.45, 2.75) is 19.8 Å². The maximum atomic E-state index is 5.28. The molecule has 4 rings (SSSR count). The summed E-state index contributed by atoms with van der Waals surface area (Å²) in [5.41, 5.74) is 8.44. The Kier molecular flexibility index (Phi) is 7.36. The van der Waals surface area contributed by atoms with Gasteiger partial charge in [-0.05, 0) is 74.2 Å². The van der Waals surface area contributed by atoms with Gasteiger partial charge in [0.05, 0.1) is 6.61 Å². The van der Waals surface area contributed by atoms with Crippen molar-refractivity contribution in [3.05, 3.63) is 84.6 Å². The lowest BCUT2D eigenvalue weighted by atomic mass is 9.82. The highest BCUT2D eigenvalue weighted by Gasteiger charge is 2.29. The molecule has 0 spiro atoms. The average Bonchev–Trinajstić information content (AvgIpc) is 2.86. The number of allylic oxidation sites excluding steroid dienone is 2. The summed E-state index contributed by atoms with van der Waals surface area (Å²) >= 11 is 0. The minimum atomic E-state index is 0.552. The Balaban J connectivity index is 1.62.